The summed E-state index contributed by atoms with van der Waals surface area (Å²) in [4.78, 5) is 0. The van der Waals surface area contributed by atoms with Gasteiger partial charge in [0.15, 0.2) is 9.84 Å². The molecule has 0 aromatic heterocycles. The maximum absolute atomic E-state index is 11.3. The Hall–Kier alpha value is -1.33. The van der Waals surface area contributed by atoms with Crippen LogP contribution in [0.3, 0.4) is 0 Å². The lowest BCUT2D eigenvalue weighted by molar-refractivity contribution is 0.335. The minimum atomic E-state index is -2.99. The van der Waals surface area contributed by atoms with E-state index in [0.717, 1.165) is 11.3 Å². The molecule has 1 aliphatic rings. The Morgan fingerprint density at radius 2 is 2.17 bits per heavy atom. The quantitative estimate of drug-likeness (QED) is 0.878. The van der Waals surface area contributed by atoms with Crippen molar-refractivity contribution in [1.29, 1.82) is 0 Å². The molecule has 0 saturated heterocycles. The van der Waals surface area contributed by atoms with Crippen molar-refractivity contribution in [2.24, 2.45) is 0 Å². The minimum absolute atomic E-state index is 0.107. The molecular weight excluding hydrogens is 250 g/mol. The molecule has 5 heteroatoms. The van der Waals surface area contributed by atoms with Crippen LogP contribution in [0.1, 0.15) is 12.5 Å². The van der Waals surface area contributed by atoms with Crippen molar-refractivity contribution < 1.29 is 13.2 Å². The number of benzene rings is 1. The van der Waals surface area contributed by atoms with Crippen molar-refractivity contribution >= 4 is 9.84 Å². The molecule has 0 spiro atoms. The number of sulfone groups is 1. The molecule has 1 aromatic carbocycles. The smallest absolute Gasteiger partial charge is 0.173 e. The third-order valence-electron chi connectivity index (χ3n) is 2.76. The van der Waals surface area contributed by atoms with Gasteiger partial charge in [-0.1, -0.05) is 24.3 Å². The maximum atomic E-state index is 11.3. The fourth-order valence-electron chi connectivity index (χ4n) is 1.89. The molecule has 98 valence electrons. The van der Waals surface area contributed by atoms with Crippen molar-refractivity contribution in [2.45, 2.75) is 19.5 Å². The second-order valence-corrected chi connectivity index (χ2v) is 6.12. The predicted molar refractivity (Wildman–Crippen MR) is 71.2 cm³/mol. The zero-order chi connectivity index (χ0) is 13.0. The van der Waals surface area contributed by atoms with Gasteiger partial charge >= 0.3 is 0 Å². The lowest BCUT2D eigenvalue weighted by Crippen LogP contribution is -2.29. The summed E-state index contributed by atoms with van der Waals surface area (Å²) < 4.78 is 28.1. The molecule has 1 heterocycles. The molecule has 1 aromatic rings. The summed E-state index contributed by atoms with van der Waals surface area (Å²) in [5.41, 5.74) is 1.04. The third kappa shape index (κ3) is 3.34. The van der Waals surface area contributed by atoms with Gasteiger partial charge in [-0.2, -0.15) is 0 Å². The van der Waals surface area contributed by atoms with Gasteiger partial charge in [0.05, 0.1) is 12.4 Å². The van der Waals surface area contributed by atoms with Crippen molar-refractivity contribution in [1.82, 2.24) is 5.32 Å². The van der Waals surface area contributed by atoms with Crippen LogP contribution in [-0.2, 0) is 16.4 Å². The highest BCUT2D eigenvalue weighted by atomic mass is 32.2. The molecular formula is C13H17NO3S. The molecule has 4 nitrogen and oxygen atoms in total. The van der Waals surface area contributed by atoms with Gasteiger partial charge in [-0.15, -0.1) is 0 Å². The van der Waals surface area contributed by atoms with Gasteiger partial charge in [-0.3, -0.25) is 0 Å². The van der Waals surface area contributed by atoms with Gasteiger partial charge < -0.3 is 10.1 Å². The van der Waals surface area contributed by atoms with Gasteiger partial charge in [0.25, 0.3) is 0 Å². The molecule has 18 heavy (non-hydrogen) atoms. The lowest BCUT2D eigenvalue weighted by atomic mass is 10.2. The number of nitrogens with one attached hydrogen (secondary N) is 1. The predicted octanol–water partition coefficient (Wildman–Crippen LogP) is 1.49. The summed E-state index contributed by atoms with van der Waals surface area (Å²) in [5.74, 6) is 0.987. The van der Waals surface area contributed by atoms with Crippen LogP contribution in [0, 0.1) is 0 Å². The Labute approximate surface area is 108 Å². The van der Waals surface area contributed by atoms with E-state index >= 15 is 0 Å². The van der Waals surface area contributed by atoms with Gasteiger partial charge in [-0.25, -0.2) is 8.42 Å². The summed E-state index contributed by atoms with van der Waals surface area (Å²) in [6.07, 6.45) is 1.69. The molecule has 1 N–H and O–H groups in total. The van der Waals surface area contributed by atoms with E-state index in [-0.39, 0.29) is 11.8 Å². The van der Waals surface area contributed by atoms with Crippen molar-refractivity contribution in [3.8, 4) is 5.75 Å². The molecule has 0 saturated carbocycles. The average molecular weight is 267 g/mol. The van der Waals surface area contributed by atoms with E-state index in [0.29, 0.717) is 13.2 Å². The van der Waals surface area contributed by atoms with Crippen LogP contribution in [0.5, 0.6) is 5.75 Å². The number of rotatable bonds is 5. The average Bonchev–Trinajstić information content (AvgIpc) is 2.68. The second kappa shape index (κ2) is 5.54. The molecule has 1 aliphatic heterocycles. The summed E-state index contributed by atoms with van der Waals surface area (Å²) >= 11 is 0. The van der Waals surface area contributed by atoms with E-state index in [1.54, 1.807) is 6.08 Å². The van der Waals surface area contributed by atoms with Gasteiger partial charge in [0.1, 0.15) is 5.75 Å². The molecule has 0 amide bonds. The third-order valence-corrected chi connectivity index (χ3v) is 4.15. The highest BCUT2D eigenvalue weighted by Gasteiger charge is 2.21. The topological polar surface area (TPSA) is 55.4 Å². The van der Waals surface area contributed by atoms with Crippen molar-refractivity contribution in [3.63, 3.8) is 0 Å². The standard InChI is InChI=1S/C13H17NO3S/c1-2-17-13-6-4-3-5-11(13)9-14-12-7-8-18(15,16)10-12/h3-8,12,14H,2,9-10H2,1H3. The molecule has 1 atom stereocenters. The fraction of sp³-hybridized carbons (Fsp3) is 0.385. The van der Waals surface area contributed by atoms with E-state index in [1.807, 2.05) is 31.2 Å². The van der Waals surface area contributed by atoms with Crippen LogP contribution in [0.15, 0.2) is 35.7 Å². The molecule has 2 rings (SSSR count). The van der Waals surface area contributed by atoms with Gasteiger partial charge in [-0.05, 0) is 13.0 Å². The zero-order valence-corrected chi connectivity index (χ0v) is 11.1. The highest BCUT2D eigenvalue weighted by molar-refractivity contribution is 7.94. The monoisotopic (exact) mass is 267 g/mol. The summed E-state index contributed by atoms with van der Waals surface area (Å²) in [7, 11) is -2.99. The van der Waals surface area contributed by atoms with E-state index in [1.165, 1.54) is 5.41 Å². The zero-order valence-electron chi connectivity index (χ0n) is 10.3. The number of hydrogen-bond acceptors (Lipinski definition) is 4. The Kier molecular flexibility index (Phi) is 4.04. The van der Waals surface area contributed by atoms with Crippen molar-refractivity contribution in [3.05, 3.63) is 41.3 Å². The molecule has 0 radical (unpaired) electrons. The first-order chi connectivity index (χ1) is 8.61. The van der Waals surface area contributed by atoms with Crippen LogP contribution in [0.2, 0.25) is 0 Å². The number of ether oxygens (including phenoxy) is 1. The highest BCUT2D eigenvalue weighted by Crippen LogP contribution is 2.18. The molecule has 1 unspecified atom stereocenters. The number of para-hydroxylation sites is 1. The Balaban J connectivity index is 1.97. The summed E-state index contributed by atoms with van der Waals surface area (Å²) in [6.45, 7) is 3.16. The van der Waals surface area contributed by atoms with Gasteiger partial charge in [0, 0.05) is 23.6 Å². The molecule has 0 bridgehead atoms. The van der Waals surface area contributed by atoms with E-state index < -0.39 is 9.84 Å². The fourth-order valence-corrected chi connectivity index (χ4v) is 3.16. The molecule has 0 fully saturated rings. The van der Waals surface area contributed by atoms with Crippen molar-refractivity contribution in [2.75, 3.05) is 12.4 Å². The van der Waals surface area contributed by atoms with Crippen LogP contribution in [0.25, 0.3) is 0 Å². The lowest BCUT2D eigenvalue weighted by Gasteiger charge is -2.13. The maximum Gasteiger partial charge on any atom is 0.173 e. The SMILES string of the molecule is CCOc1ccccc1CNC1C=CS(=O)(=O)C1. The van der Waals surface area contributed by atoms with Crippen LogP contribution in [0.4, 0.5) is 0 Å². The normalized spacial score (nSPS) is 21.1. The summed E-state index contributed by atoms with van der Waals surface area (Å²) in [6, 6.07) is 7.66. The van der Waals surface area contributed by atoms with E-state index in [2.05, 4.69) is 5.32 Å². The second-order valence-electron chi connectivity index (χ2n) is 4.19. The van der Waals surface area contributed by atoms with Crippen LogP contribution in [-0.4, -0.2) is 26.8 Å². The Morgan fingerprint density at radius 3 is 2.83 bits per heavy atom. The van der Waals surface area contributed by atoms with E-state index in [4.69, 9.17) is 4.74 Å². The Bertz CT molecular complexity index is 537. The largest absolute Gasteiger partial charge is 0.494 e. The Morgan fingerprint density at radius 1 is 1.39 bits per heavy atom. The summed E-state index contributed by atoms with van der Waals surface area (Å²) in [5, 5.41) is 4.48. The van der Waals surface area contributed by atoms with Crippen LogP contribution < -0.4 is 10.1 Å². The number of hydrogen-bond donors (Lipinski definition) is 1. The van der Waals surface area contributed by atoms with Crippen LogP contribution >= 0.6 is 0 Å². The van der Waals surface area contributed by atoms with Gasteiger partial charge in [0.2, 0.25) is 0 Å². The first-order valence-electron chi connectivity index (χ1n) is 5.96. The first-order valence-corrected chi connectivity index (χ1v) is 7.67. The van der Waals surface area contributed by atoms with E-state index in [9.17, 15) is 8.42 Å². The first kappa shape index (κ1) is 13.1. The molecule has 0 aliphatic carbocycles. The minimum Gasteiger partial charge on any atom is -0.494 e.